The van der Waals surface area contributed by atoms with E-state index in [2.05, 4.69) is 31.0 Å². The van der Waals surface area contributed by atoms with E-state index in [0.29, 0.717) is 10.8 Å². The molecule has 2 nitrogen and oxygen atoms in total. The molecule has 0 spiro atoms. The van der Waals surface area contributed by atoms with Gasteiger partial charge in [0.25, 0.3) is 0 Å². The van der Waals surface area contributed by atoms with Crippen LogP contribution < -0.4 is 5.32 Å². The van der Waals surface area contributed by atoms with Gasteiger partial charge in [-0.05, 0) is 49.6 Å². The second kappa shape index (κ2) is 4.66. The van der Waals surface area contributed by atoms with E-state index >= 15 is 0 Å². The van der Waals surface area contributed by atoms with Crippen molar-refractivity contribution in [1.29, 1.82) is 0 Å². The maximum atomic E-state index is 3.56. The van der Waals surface area contributed by atoms with E-state index in [0.717, 1.165) is 0 Å². The Labute approximate surface area is 101 Å². The molecule has 2 aliphatic heterocycles. The van der Waals surface area contributed by atoms with Crippen LogP contribution in [0.2, 0.25) is 0 Å². The van der Waals surface area contributed by atoms with Crippen molar-refractivity contribution in [2.24, 2.45) is 10.8 Å². The largest absolute Gasteiger partial charge is 0.316 e. The molecule has 2 heterocycles. The lowest BCUT2D eigenvalue weighted by atomic mass is 9.79. The van der Waals surface area contributed by atoms with E-state index in [1.807, 2.05) is 0 Å². The van der Waals surface area contributed by atoms with Crippen LogP contribution in [0.4, 0.5) is 0 Å². The first-order valence-corrected chi connectivity index (χ1v) is 6.92. The summed E-state index contributed by atoms with van der Waals surface area (Å²) in [4.78, 5) is 2.70. The van der Waals surface area contributed by atoms with Gasteiger partial charge in [-0.25, -0.2) is 0 Å². The molecule has 2 fully saturated rings. The molecule has 0 radical (unpaired) electrons. The lowest BCUT2D eigenvalue weighted by molar-refractivity contribution is 0.0641. The molecule has 0 amide bonds. The van der Waals surface area contributed by atoms with Crippen LogP contribution in [0.1, 0.15) is 46.5 Å². The summed E-state index contributed by atoms with van der Waals surface area (Å²) in [5.74, 6) is 0. The minimum Gasteiger partial charge on any atom is -0.316 e. The summed E-state index contributed by atoms with van der Waals surface area (Å²) in [6.45, 7) is 13.6. The molecule has 1 unspecified atom stereocenters. The van der Waals surface area contributed by atoms with Crippen LogP contribution in [0.15, 0.2) is 0 Å². The number of piperidine rings is 2. The number of likely N-dealkylation sites (tertiary alicyclic amines) is 1. The fourth-order valence-corrected chi connectivity index (χ4v) is 3.47. The van der Waals surface area contributed by atoms with Gasteiger partial charge in [-0.1, -0.05) is 20.8 Å². The molecule has 0 bridgehead atoms. The molecule has 2 aliphatic rings. The summed E-state index contributed by atoms with van der Waals surface area (Å²) in [6, 6.07) is 0. The predicted octanol–water partition coefficient (Wildman–Crippen LogP) is 2.50. The van der Waals surface area contributed by atoms with Crippen molar-refractivity contribution in [2.75, 3.05) is 32.7 Å². The van der Waals surface area contributed by atoms with Crippen molar-refractivity contribution >= 4 is 0 Å². The molecule has 1 atom stereocenters. The Hall–Kier alpha value is -0.0800. The molecule has 1 N–H and O–H groups in total. The molecule has 0 aromatic carbocycles. The van der Waals surface area contributed by atoms with Crippen molar-refractivity contribution in [3.63, 3.8) is 0 Å². The first-order valence-electron chi connectivity index (χ1n) is 6.92. The summed E-state index contributed by atoms with van der Waals surface area (Å²) in [6.07, 6.45) is 5.54. The Bertz CT molecular complexity index is 229. The van der Waals surface area contributed by atoms with E-state index < -0.39 is 0 Å². The average Bonchev–Trinajstić information content (AvgIpc) is 2.16. The minimum absolute atomic E-state index is 0.520. The van der Waals surface area contributed by atoms with E-state index in [9.17, 15) is 0 Å². The van der Waals surface area contributed by atoms with Crippen molar-refractivity contribution in [2.45, 2.75) is 46.5 Å². The van der Waals surface area contributed by atoms with E-state index in [4.69, 9.17) is 0 Å². The molecule has 2 heteroatoms. The first-order chi connectivity index (χ1) is 7.49. The Morgan fingerprint density at radius 3 is 2.56 bits per heavy atom. The van der Waals surface area contributed by atoms with Gasteiger partial charge in [-0.3, -0.25) is 0 Å². The van der Waals surface area contributed by atoms with Gasteiger partial charge in [0.05, 0.1) is 0 Å². The van der Waals surface area contributed by atoms with Crippen LogP contribution in [-0.4, -0.2) is 37.6 Å². The van der Waals surface area contributed by atoms with Gasteiger partial charge in [-0.15, -0.1) is 0 Å². The van der Waals surface area contributed by atoms with Gasteiger partial charge in [0.1, 0.15) is 0 Å². The Morgan fingerprint density at radius 1 is 1.12 bits per heavy atom. The Balaban J connectivity index is 1.88. The fourth-order valence-electron chi connectivity index (χ4n) is 3.47. The molecule has 2 rings (SSSR count). The maximum Gasteiger partial charge on any atom is 0.00477 e. The zero-order valence-electron chi connectivity index (χ0n) is 11.3. The topological polar surface area (TPSA) is 15.3 Å². The highest BCUT2D eigenvalue weighted by molar-refractivity contribution is 4.88. The third-order valence-corrected chi connectivity index (χ3v) is 4.27. The van der Waals surface area contributed by atoms with E-state index in [1.165, 1.54) is 58.4 Å². The van der Waals surface area contributed by atoms with Gasteiger partial charge in [0.2, 0.25) is 0 Å². The SMILES string of the molecule is CC1(C)CCCN(CC2(C)CCCNC2)C1. The zero-order chi connectivity index (χ0) is 11.6. The molecular formula is C14H28N2. The second-order valence-corrected chi connectivity index (χ2v) is 7.07. The number of hydrogen-bond acceptors (Lipinski definition) is 2. The second-order valence-electron chi connectivity index (χ2n) is 7.07. The number of rotatable bonds is 2. The molecule has 0 aromatic rings. The maximum absolute atomic E-state index is 3.56. The molecule has 0 saturated carbocycles. The van der Waals surface area contributed by atoms with Gasteiger partial charge in [0, 0.05) is 19.6 Å². The van der Waals surface area contributed by atoms with E-state index in [1.54, 1.807) is 0 Å². The van der Waals surface area contributed by atoms with Gasteiger partial charge in [-0.2, -0.15) is 0 Å². The predicted molar refractivity (Wildman–Crippen MR) is 69.7 cm³/mol. The summed E-state index contributed by atoms with van der Waals surface area (Å²) in [7, 11) is 0. The molecule has 0 aromatic heterocycles. The van der Waals surface area contributed by atoms with Gasteiger partial charge >= 0.3 is 0 Å². The zero-order valence-corrected chi connectivity index (χ0v) is 11.3. The summed E-state index contributed by atoms with van der Waals surface area (Å²) in [5, 5.41) is 3.56. The third-order valence-electron chi connectivity index (χ3n) is 4.27. The Kier molecular flexibility index (Phi) is 3.60. The standard InChI is InChI=1S/C14H28N2/c1-13(2)6-5-9-16(11-13)12-14(3)7-4-8-15-10-14/h15H,4-12H2,1-3H3. The lowest BCUT2D eigenvalue weighted by Gasteiger charge is -2.44. The third kappa shape index (κ3) is 3.21. The smallest absolute Gasteiger partial charge is 0.00477 e. The normalized spacial score (nSPS) is 36.2. The van der Waals surface area contributed by atoms with Crippen LogP contribution in [0.3, 0.4) is 0 Å². The van der Waals surface area contributed by atoms with Crippen molar-refractivity contribution in [3.8, 4) is 0 Å². The summed E-state index contributed by atoms with van der Waals surface area (Å²) >= 11 is 0. The van der Waals surface area contributed by atoms with Crippen LogP contribution in [-0.2, 0) is 0 Å². The number of nitrogens with one attached hydrogen (secondary N) is 1. The molecule has 2 saturated heterocycles. The highest BCUT2D eigenvalue weighted by Gasteiger charge is 2.33. The van der Waals surface area contributed by atoms with Crippen LogP contribution in [0, 0.1) is 10.8 Å². The van der Waals surface area contributed by atoms with Crippen molar-refractivity contribution in [1.82, 2.24) is 10.2 Å². The van der Waals surface area contributed by atoms with Crippen LogP contribution >= 0.6 is 0 Å². The molecular weight excluding hydrogens is 196 g/mol. The fraction of sp³-hybridized carbons (Fsp3) is 1.00. The summed E-state index contributed by atoms with van der Waals surface area (Å²) in [5.41, 5.74) is 1.06. The highest BCUT2D eigenvalue weighted by Crippen LogP contribution is 2.32. The molecule has 94 valence electrons. The Morgan fingerprint density at radius 2 is 1.94 bits per heavy atom. The van der Waals surface area contributed by atoms with Gasteiger partial charge < -0.3 is 10.2 Å². The quantitative estimate of drug-likeness (QED) is 0.775. The summed E-state index contributed by atoms with van der Waals surface area (Å²) < 4.78 is 0. The van der Waals surface area contributed by atoms with E-state index in [-0.39, 0.29) is 0 Å². The van der Waals surface area contributed by atoms with Crippen molar-refractivity contribution < 1.29 is 0 Å². The van der Waals surface area contributed by atoms with Crippen molar-refractivity contribution in [3.05, 3.63) is 0 Å². The lowest BCUT2D eigenvalue weighted by Crippen LogP contribution is -2.49. The minimum atomic E-state index is 0.520. The molecule has 0 aliphatic carbocycles. The van der Waals surface area contributed by atoms with Crippen LogP contribution in [0.25, 0.3) is 0 Å². The number of hydrogen-bond donors (Lipinski definition) is 1. The highest BCUT2D eigenvalue weighted by atomic mass is 15.1. The molecule has 16 heavy (non-hydrogen) atoms. The van der Waals surface area contributed by atoms with Gasteiger partial charge in [0.15, 0.2) is 0 Å². The monoisotopic (exact) mass is 224 g/mol. The van der Waals surface area contributed by atoms with Crippen LogP contribution in [0.5, 0.6) is 0 Å². The first kappa shape index (κ1) is 12.4. The average molecular weight is 224 g/mol. The number of nitrogens with zero attached hydrogens (tertiary/aromatic N) is 1.